The van der Waals surface area contributed by atoms with E-state index in [4.69, 9.17) is 0 Å². The van der Waals surface area contributed by atoms with E-state index in [9.17, 15) is 0 Å². The fourth-order valence-corrected chi connectivity index (χ4v) is 2.96. The van der Waals surface area contributed by atoms with E-state index in [0.717, 1.165) is 18.9 Å². The Balaban J connectivity index is 1.94. The minimum absolute atomic E-state index is 0.528. The van der Waals surface area contributed by atoms with Gasteiger partial charge in [0, 0.05) is 25.8 Å². The number of nitrogens with one attached hydrogen (secondary N) is 1. The number of hydrogen-bond acceptors (Lipinski definition) is 3. The Labute approximate surface area is 123 Å². The first-order chi connectivity index (χ1) is 9.52. The van der Waals surface area contributed by atoms with Crippen LogP contribution in [0.25, 0.3) is 0 Å². The average molecular weight is 275 g/mol. The first-order valence-corrected chi connectivity index (χ1v) is 7.90. The van der Waals surface area contributed by atoms with Gasteiger partial charge in [-0.1, -0.05) is 26.8 Å². The van der Waals surface area contributed by atoms with E-state index in [1.165, 1.54) is 31.2 Å². The van der Waals surface area contributed by atoms with Gasteiger partial charge in [-0.3, -0.25) is 0 Å². The second kappa shape index (κ2) is 6.57. The number of rotatable bonds is 5. The van der Waals surface area contributed by atoms with Gasteiger partial charge >= 0.3 is 0 Å². The number of aromatic nitrogens is 1. The van der Waals surface area contributed by atoms with Crippen LogP contribution in [0.2, 0.25) is 0 Å². The molecule has 1 saturated carbocycles. The predicted molar refractivity (Wildman–Crippen MR) is 86.1 cm³/mol. The van der Waals surface area contributed by atoms with Gasteiger partial charge in [-0.15, -0.1) is 0 Å². The van der Waals surface area contributed by atoms with Gasteiger partial charge in [-0.05, 0) is 49.3 Å². The lowest BCUT2D eigenvalue weighted by Gasteiger charge is -2.39. The molecule has 1 aromatic heterocycles. The molecule has 1 aromatic rings. The highest BCUT2D eigenvalue weighted by atomic mass is 15.2. The van der Waals surface area contributed by atoms with Crippen molar-refractivity contribution in [3.63, 3.8) is 0 Å². The monoisotopic (exact) mass is 275 g/mol. The van der Waals surface area contributed by atoms with Gasteiger partial charge in [0.25, 0.3) is 0 Å². The molecule has 1 fully saturated rings. The van der Waals surface area contributed by atoms with Crippen LogP contribution in [0, 0.1) is 5.41 Å². The zero-order valence-corrected chi connectivity index (χ0v) is 13.4. The Bertz CT molecular complexity index is 401. The molecular formula is C17H29N3. The summed E-state index contributed by atoms with van der Waals surface area (Å²) in [5.41, 5.74) is 1.79. The normalized spacial score (nSPS) is 19.0. The lowest BCUT2D eigenvalue weighted by Crippen LogP contribution is -2.37. The Hall–Kier alpha value is -1.09. The summed E-state index contributed by atoms with van der Waals surface area (Å²) in [7, 11) is 2.19. The summed E-state index contributed by atoms with van der Waals surface area (Å²) in [6, 6.07) is 5.00. The quantitative estimate of drug-likeness (QED) is 0.890. The molecule has 1 aliphatic rings. The van der Waals surface area contributed by atoms with Crippen molar-refractivity contribution in [2.75, 3.05) is 18.5 Å². The summed E-state index contributed by atoms with van der Waals surface area (Å²) < 4.78 is 0. The number of nitrogens with zero attached hydrogens (tertiary/aromatic N) is 2. The predicted octanol–water partition coefficient (Wildman–Crippen LogP) is 3.60. The third kappa shape index (κ3) is 3.95. The Morgan fingerprint density at radius 3 is 2.55 bits per heavy atom. The maximum atomic E-state index is 4.63. The minimum atomic E-state index is 0.528. The van der Waals surface area contributed by atoms with E-state index < -0.39 is 0 Å². The number of hydrogen-bond donors (Lipinski definition) is 1. The molecule has 0 amide bonds. The standard InChI is InChI=1S/C17H29N3/c1-5-18-12-14-6-7-16(19-13-14)20(4)15-8-10-17(2,3)11-9-15/h6-7,13,15,18H,5,8-12H2,1-4H3. The SMILES string of the molecule is CCNCc1ccc(N(C)C2CCC(C)(C)CC2)nc1. The molecule has 0 aromatic carbocycles. The molecule has 2 rings (SSSR count). The van der Waals surface area contributed by atoms with Crippen molar-refractivity contribution in [1.29, 1.82) is 0 Å². The van der Waals surface area contributed by atoms with E-state index in [2.05, 4.69) is 55.2 Å². The van der Waals surface area contributed by atoms with E-state index >= 15 is 0 Å². The number of pyridine rings is 1. The zero-order chi connectivity index (χ0) is 14.6. The molecule has 0 radical (unpaired) electrons. The van der Waals surface area contributed by atoms with Crippen LogP contribution in [0.15, 0.2) is 18.3 Å². The summed E-state index contributed by atoms with van der Waals surface area (Å²) in [6.45, 7) is 8.80. The first-order valence-electron chi connectivity index (χ1n) is 7.90. The molecule has 0 saturated heterocycles. The van der Waals surface area contributed by atoms with Crippen molar-refractivity contribution < 1.29 is 0 Å². The van der Waals surface area contributed by atoms with E-state index in [1.54, 1.807) is 0 Å². The fourth-order valence-electron chi connectivity index (χ4n) is 2.96. The van der Waals surface area contributed by atoms with Crippen LogP contribution < -0.4 is 10.2 Å². The van der Waals surface area contributed by atoms with Gasteiger partial charge in [-0.25, -0.2) is 4.98 Å². The van der Waals surface area contributed by atoms with E-state index in [1.807, 2.05) is 6.20 Å². The largest absolute Gasteiger partial charge is 0.357 e. The zero-order valence-electron chi connectivity index (χ0n) is 13.4. The minimum Gasteiger partial charge on any atom is -0.357 e. The van der Waals surface area contributed by atoms with Gasteiger partial charge in [0.05, 0.1) is 0 Å². The van der Waals surface area contributed by atoms with E-state index in [0.29, 0.717) is 11.5 Å². The number of anilines is 1. The Morgan fingerprint density at radius 1 is 1.30 bits per heavy atom. The summed E-state index contributed by atoms with van der Waals surface area (Å²) in [4.78, 5) is 7.00. The summed E-state index contributed by atoms with van der Waals surface area (Å²) in [6.07, 6.45) is 7.21. The smallest absolute Gasteiger partial charge is 0.128 e. The topological polar surface area (TPSA) is 28.2 Å². The van der Waals surface area contributed by atoms with Crippen LogP contribution in [0.4, 0.5) is 5.82 Å². The maximum absolute atomic E-state index is 4.63. The fraction of sp³-hybridized carbons (Fsp3) is 0.706. The summed E-state index contributed by atoms with van der Waals surface area (Å²) in [5, 5.41) is 3.33. The molecule has 1 aliphatic carbocycles. The molecule has 0 atom stereocenters. The molecular weight excluding hydrogens is 246 g/mol. The van der Waals surface area contributed by atoms with Gasteiger partial charge in [0.1, 0.15) is 5.82 Å². The van der Waals surface area contributed by atoms with Crippen LogP contribution in [0.5, 0.6) is 0 Å². The molecule has 0 bridgehead atoms. The molecule has 3 nitrogen and oxygen atoms in total. The van der Waals surface area contributed by atoms with Gasteiger partial charge in [0.2, 0.25) is 0 Å². The molecule has 112 valence electrons. The van der Waals surface area contributed by atoms with Crippen LogP contribution in [-0.2, 0) is 6.54 Å². The second-order valence-electron chi connectivity index (χ2n) is 6.81. The Morgan fingerprint density at radius 2 is 2.00 bits per heavy atom. The molecule has 3 heteroatoms. The molecule has 0 spiro atoms. The molecule has 1 N–H and O–H groups in total. The van der Waals surface area contributed by atoms with Crippen molar-refractivity contribution in [1.82, 2.24) is 10.3 Å². The highest BCUT2D eigenvalue weighted by Crippen LogP contribution is 2.37. The van der Waals surface area contributed by atoms with Crippen molar-refractivity contribution in [2.24, 2.45) is 5.41 Å². The average Bonchev–Trinajstić information content (AvgIpc) is 2.45. The van der Waals surface area contributed by atoms with Gasteiger partial charge in [-0.2, -0.15) is 0 Å². The van der Waals surface area contributed by atoms with Crippen molar-refractivity contribution >= 4 is 5.82 Å². The first kappa shape index (κ1) is 15.3. The van der Waals surface area contributed by atoms with Crippen LogP contribution >= 0.6 is 0 Å². The van der Waals surface area contributed by atoms with Crippen molar-refractivity contribution in [3.8, 4) is 0 Å². The Kier molecular flexibility index (Phi) is 5.03. The molecule has 20 heavy (non-hydrogen) atoms. The lowest BCUT2D eigenvalue weighted by molar-refractivity contribution is 0.222. The van der Waals surface area contributed by atoms with E-state index in [-0.39, 0.29) is 0 Å². The summed E-state index contributed by atoms with van der Waals surface area (Å²) >= 11 is 0. The van der Waals surface area contributed by atoms with Crippen LogP contribution in [0.3, 0.4) is 0 Å². The van der Waals surface area contributed by atoms with Gasteiger partial charge in [0.15, 0.2) is 0 Å². The molecule has 0 unspecified atom stereocenters. The highest BCUT2D eigenvalue weighted by Gasteiger charge is 2.29. The molecule has 0 aliphatic heterocycles. The van der Waals surface area contributed by atoms with Crippen LogP contribution in [0.1, 0.15) is 52.0 Å². The maximum Gasteiger partial charge on any atom is 0.128 e. The lowest BCUT2D eigenvalue weighted by atomic mass is 9.75. The molecule has 1 heterocycles. The second-order valence-corrected chi connectivity index (χ2v) is 6.81. The third-order valence-electron chi connectivity index (χ3n) is 4.61. The van der Waals surface area contributed by atoms with Crippen molar-refractivity contribution in [2.45, 2.75) is 59.0 Å². The summed E-state index contributed by atoms with van der Waals surface area (Å²) in [5.74, 6) is 1.11. The highest BCUT2D eigenvalue weighted by molar-refractivity contribution is 5.39. The van der Waals surface area contributed by atoms with Crippen LogP contribution in [-0.4, -0.2) is 24.6 Å². The third-order valence-corrected chi connectivity index (χ3v) is 4.61. The van der Waals surface area contributed by atoms with Crippen molar-refractivity contribution in [3.05, 3.63) is 23.9 Å². The van der Waals surface area contributed by atoms with Gasteiger partial charge < -0.3 is 10.2 Å².